The Hall–Kier alpha value is -2.82. The molecule has 1 aliphatic heterocycles. The van der Waals surface area contributed by atoms with Gasteiger partial charge in [0.15, 0.2) is 0 Å². The first-order valence-corrected chi connectivity index (χ1v) is 14.6. The van der Waals surface area contributed by atoms with Crippen molar-refractivity contribution in [1.29, 1.82) is 0 Å². The number of benzene rings is 2. The number of nitrogens with zero attached hydrogens (tertiary/aromatic N) is 2. The van der Waals surface area contributed by atoms with Gasteiger partial charge in [0.05, 0.1) is 4.90 Å². The van der Waals surface area contributed by atoms with Crippen molar-refractivity contribution in [2.75, 3.05) is 32.8 Å². The molecule has 1 saturated heterocycles. The van der Waals surface area contributed by atoms with E-state index in [2.05, 4.69) is 5.32 Å². The van der Waals surface area contributed by atoms with Crippen LogP contribution in [-0.4, -0.2) is 68.3 Å². The normalized spacial score (nSPS) is 14.8. The molecule has 0 aliphatic carbocycles. The van der Waals surface area contributed by atoms with Gasteiger partial charge < -0.3 is 15.0 Å². The zero-order valence-corrected chi connectivity index (χ0v) is 23.0. The molecule has 0 bridgehead atoms. The Kier molecular flexibility index (Phi) is 11.2. The second kappa shape index (κ2) is 14.4. The van der Waals surface area contributed by atoms with Crippen molar-refractivity contribution in [3.05, 3.63) is 65.5 Å². The molecule has 2 aromatic carbocycles. The van der Waals surface area contributed by atoms with Crippen molar-refractivity contribution in [3.8, 4) is 0 Å². The first-order valence-electron chi connectivity index (χ1n) is 13.2. The molecule has 1 fully saturated rings. The molecule has 10 heteroatoms. The number of hydrogen-bond acceptors (Lipinski definition) is 5. The molecule has 2 aromatic rings. The summed E-state index contributed by atoms with van der Waals surface area (Å²) in [5.74, 6) is -0.865. The number of ether oxygens (including phenoxy) is 1. The Morgan fingerprint density at radius 1 is 1.05 bits per heavy atom. The Labute approximate surface area is 225 Å². The summed E-state index contributed by atoms with van der Waals surface area (Å²) in [4.78, 5) is 27.9. The van der Waals surface area contributed by atoms with Gasteiger partial charge in [-0.15, -0.1) is 0 Å². The van der Waals surface area contributed by atoms with Gasteiger partial charge in [-0.1, -0.05) is 24.3 Å². The number of carbonyl (C=O) groups is 2. The molecule has 1 aliphatic rings. The zero-order chi connectivity index (χ0) is 27.5. The van der Waals surface area contributed by atoms with E-state index in [0.717, 1.165) is 18.4 Å². The van der Waals surface area contributed by atoms with E-state index in [1.165, 1.54) is 21.3 Å². The minimum atomic E-state index is -3.49. The summed E-state index contributed by atoms with van der Waals surface area (Å²) in [5.41, 5.74) is 1.54. The van der Waals surface area contributed by atoms with Crippen LogP contribution in [0.4, 0.5) is 4.39 Å². The van der Waals surface area contributed by atoms with Crippen LogP contribution in [0.5, 0.6) is 0 Å². The van der Waals surface area contributed by atoms with E-state index in [-0.39, 0.29) is 35.5 Å². The second-order valence-corrected chi connectivity index (χ2v) is 11.4. The van der Waals surface area contributed by atoms with Gasteiger partial charge in [-0.25, -0.2) is 12.8 Å². The fourth-order valence-electron chi connectivity index (χ4n) is 4.35. The summed E-state index contributed by atoms with van der Waals surface area (Å²) in [6, 6.07) is 11.8. The van der Waals surface area contributed by atoms with Crippen LogP contribution in [-0.2, 0) is 37.3 Å². The highest BCUT2D eigenvalue weighted by Crippen LogP contribution is 2.22. The number of hydrogen-bond donors (Lipinski definition) is 1. The van der Waals surface area contributed by atoms with Gasteiger partial charge in [-0.2, -0.15) is 4.31 Å². The SMILES string of the molecule is CCOCCCNC(=O)[C@H](C)N(Cc1ccc(F)cc1)C(=O)CCc1ccc(S(=O)(=O)N2CCCC2)cc1. The minimum Gasteiger partial charge on any atom is -0.382 e. The molecule has 0 spiro atoms. The van der Waals surface area contributed by atoms with Crippen LogP contribution in [0.25, 0.3) is 0 Å². The lowest BCUT2D eigenvalue weighted by atomic mass is 10.1. The largest absolute Gasteiger partial charge is 0.382 e. The number of sulfonamides is 1. The number of rotatable bonds is 14. The molecule has 0 aromatic heterocycles. The van der Waals surface area contributed by atoms with Crippen LogP contribution < -0.4 is 5.32 Å². The molecule has 208 valence electrons. The predicted molar refractivity (Wildman–Crippen MR) is 143 cm³/mol. The number of carbonyl (C=O) groups excluding carboxylic acids is 2. The van der Waals surface area contributed by atoms with Crippen molar-refractivity contribution < 1.29 is 27.1 Å². The highest BCUT2D eigenvalue weighted by molar-refractivity contribution is 7.89. The lowest BCUT2D eigenvalue weighted by molar-refractivity contribution is -0.140. The van der Waals surface area contributed by atoms with Crippen LogP contribution in [0.15, 0.2) is 53.4 Å². The maximum Gasteiger partial charge on any atom is 0.243 e. The maximum absolute atomic E-state index is 13.4. The van der Waals surface area contributed by atoms with E-state index in [4.69, 9.17) is 4.74 Å². The fraction of sp³-hybridized carbons (Fsp3) is 0.500. The smallest absolute Gasteiger partial charge is 0.243 e. The van der Waals surface area contributed by atoms with Crippen LogP contribution in [0.1, 0.15) is 50.7 Å². The molecule has 1 N–H and O–H groups in total. The van der Waals surface area contributed by atoms with Crippen LogP contribution in [0, 0.1) is 5.82 Å². The number of aryl methyl sites for hydroxylation is 1. The third-order valence-electron chi connectivity index (χ3n) is 6.66. The summed E-state index contributed by atoms with van der Waals surface area (Å²) < 4.78 is 45.7. The topological polar surface area (TPSA) is 96.0 Å². The van der Waals surface area contributed by atoms with Gasteiger partial charge in [0.1, 0.15) is 11.9 Å². The molecule has 1 heterocycles. The van der Waals surface area contributed by atoms with Crippen LogP contribution in [0.3, 0.4) is 0 Å². The summed E-state index contributed by atoms with van der Waals surface area (Å²) in [5, 5.41) is 2.86. The predicted octanol–water partition coefficient (Wildman–Crippen LogP) is 3.50. The van der Waals surface area contributed by atoms with E-state index in [1.54, 1.807) is 43.3 Å². The summed E-state index contributed by atoms with van der Waals surface area (Å²) in [7, 11) is -3.49. The summed E-state index contributed by atoms with van der Waals surface area (Å²) in [6.45, 7) is 6.43. The van der Waals surface area contributed by atoms with E-state index in [1.807, 2.05) is 6.92 Å². The Balaban J connectivity index is 1.64. The molecule has 0 saturated carbocycles. The maximum atomic E-state index is 13.4. The van der Waals surface area contributed by atoms with Gasteiger partial charge in [-0.3, -0.25) is 9.59 Å². The molecule has 8 nitrogen and oxygen atoms in total. The first-order chi connectivity index (χ1) is 18.2. The fourth-order valence-corrected chi connectivity index (χ4v) is 5.86. The summed E-state index contributed by atoms with van der Waals surface area (Å²) in [6.07, 6.45) is 2.95. The lowest BCUT2D eigenvalue weighted by Crippen LogP contribution is -2.48. The van der Waals surface area contributed by atoms with Gasteiger partial charge in [0.2, 0.25) is 21.8 Å². The van der Waals surface area contributed by atoms with Crippen molar-refractivity contribution in [2.45, 2.75) is 63.4 Å². The van der Waals surface area contributed by atoms with Crippen LogP contribution in [0.2, 0.25) is 0 Å². The molecule has 0 unspecified atom stereocenters. The lowest BCUT2D eigenvalue weighted by Gasteiger charge is -2.29. The van der Waals surface area contributed by atoms with E-state index >= 15 is 0 Å². The monoisotopic (exact) mass is 547 g/mol. The summed E-state index contributed by atoms with van der Waals surface area (Å²) >= 11 is 0. The minimum absolute atomic E-state index is 0.140. The average molecular weight is 548 g/mol. The van der Waals surface area contributed by atoms with Crippen molar-refractivity contribution in [2.24, 2.45) is 0 Å². The quantitative estimate of drug-likeness (QED) is 0.365. The molecule has 38 heavy (non-hydrogen) atoms. The molecule has 1 atom stereocenters. The Morgan fingerprint density at radius 2 is 1.68 bits per heavy atom. The number of amides is 2. The molecular weight excluding hydrogens is 509 g/mol. The van der Waals surface area contributed by atoms with Crippen molar-refractivity contribution >= 4 is 21.8 Å². The van der Waals surface area contributed by atoms with E-state index < -0.39 is 16.1 Å². The Morgan fingerprint density at radius 3 is 2.32 bits per heavy atom. The Bertz CT molecular complexity index is 1150. The van der Waals surface area contributed by atoms with Gasteiger partial charge in [-0.05, 0) is 74.9 Å². The molecular formula is C28H38FN3O5S. The second-order valence-electron chi connectivity index (χ2n) is 9.42. The highest BCUT2D eigenvalue weighted by Gasteiger charge is 2.28. The first kappa shape index (κ1) is 29.7. The number of nitrogens with one attached hydrogen (secondary N) is 1. The molecule has 0 radical (unpaired) electrons. The number of halogens is 1. The molecule has 3 rings (SSSR count). The van der Waals surface area contributed by atoms with Gasteiger partial charge >= 0.3 is 0 Å². The average Bonchev–Trinajstić information content (AvgIpc) is 3.47. The van der Waals surface area contributed by atoms with E-state index in [0.29, 0.717) is 51.3 Å². The van der Waals surface area contributed by atoms with Crippen molar-refractivity contribution in [1.82, 2.24) is 14.5 Å². The van der Waals surface area contributed by atoms with Gasteiger partial charge in [0.25, 0.3) is 0 Å². The van der Waals surface area contributed by atoms with Gasteiger partial charge in [0, 0.05) is 45.8 Å². The highest BCUT2D eigenvalue weighted by atomic mass is 32.2. The third-order valence-corrected chi connectivity index (χ3v) is 8.57. The van der Waals surface area contributed by atoms with Crippen LogP contribution >= 0.6 is 0 Å². The molecule has 2 amide bonds. The zero-order valence-electron chi connectivity index (χ0n) is 22.2. The standard InChI is InChI=1S/C28H38FN3O5S/c1-3-37-20-6-17-30-28(34)22(2)32(21-24-7-12-25(29)13-8-24)27(33)16-11-23-9-14-26(15-10-23)38(35,36)31-18-4-5-19-31/h7-10,12-15,22H,3-6,11,16-21H2,1-2H3,(H,30,34)/t22-/m0/s1. The van der Waals surface area contributed by atoms with E-state index in [9.17, 15) is 22.4 Å². The van der Waals surface area contributed by atoms with Crippen molar-refractivity contribution in [3.63, 3.8) is 0 Å². The third kappa shape index (κ3) is 8.34.